The molecule has 0 bridgehead atoms. The van der Waals surface area contributed by atoms with Gasteiger partial charge >= 0.3 is 16.6 Å². The van der Waals surface area contributed by atoms with Gasteiger partial charge in [0.05, 0.1) is 22.8 Å². The quantitative estimate of drug-likeness (QED) is 0.257. The van der Waals surface area contributed by atoms with Gasteiger partial charge in [-0.05, 0) is 48.6 Å². The van der Waals surface area contributed by atoms with Crippen LogP contribution in [0.2, 0.25) is 0 Å². The van der Waals surface area contributed by atoms with Gasteiger partial charge in [0.1, 0.15) is 5.00 Å². The van der Waals surface area contributed by atoms with Gasteiger partial charge in [-0.3, -0.25) is 14.1 Å². The number of anilines is 2. The lowest BCUT2D eigenvalue weighted by atomic mass is 10.1. The molecule has 32 heavy (non-hydrogen) atoms. The van der Waals surface area contributed by atoms with Crippen molar-refractivity contribution in [2.24, 2.45) is 7.05 Å². The summed E-state index contributed by atoms with van der Waals surface area (Å²) < 4.78 is 11.1. The molecule has 0 spiro atoms. The van der Waals surface area contributed by atoms with E-state index < -0.39 is 23.4 Å². The van der Waals surface area contributed by atoms with E-state index in [-0.39, 0.29) is 32.8 Å². The average Bonchev–Trinajstić information content (AvgIpc) is 3.25. The molecule has 0 radical (unpaired) electrons. The van der Waals surface area contributed by atoms with E-state index in [1.54, 1.807) is 45.2 Å². The molecule has 0 unspecified atom stereocenters. The molecule has 3 rings (SSSR count). The minimum atomic E-state index is -0.638. The molecule has 0 saturated heterocycles. The number of ether oxygens (including phenoxy) is 1. The summed E-state index contributed by atoms with van der Waals surface area (Å²) in [5, 5.41) is 8.22. The Morgan fingerprint density at radius 1 is 1.22 bits per heavy atom. The zero-order valence-corrected chi connectivity index (χ0v) is 19.1. The zero-order chi connectivity index (χ0) is 23.3. The molecule has 168 valence electrons. The molecule has 3 aromatic rings. The molecule has 12 heteroatoms. The monoisotopic (exact) mass is 477 g/mol. The summed E-state index contributed by atoms with van der Waals surface area (Å²) >= 11 is 1.95. The molecule has 0 fully saturated rings. The van der Waals surface area contributed by atoms with Crippen molar-refractivity contribution in [3.63, 3.8) is 0 Å². The topological polar surface area (TPSA) is 134 Å². The van der Waals surface area contributed by atoms with Crippen LogP contribution in [0.1, 0.15) is 32.5 Å². The third-order valence-corrected chi connectivity index (χ3v) is 6.54. The number of esters is 1. The lowest BCUT2D eigenvalue weighted by molar-refractivity contribution is -0.772. The van der Waals surface area contributed by atoms with E-state index >= 15 is 0 Å². The molecule has 2 amide bonds. The van der Waals surface area contributed by atoms with Crippen LogP contribution in [0.25, 0.3) is 0 Å². The van der Waals surface area contributed by atoms with E-state index in [2.05, 4.69) is 20.4 Å². The maximum absolute atomic E-state index is 12.8. The number of amides is 2. The van der Waals surface area contributed by atoms with E-state index in [0.29, 0.717) is 11.3 Å². The summed E-state index contributed by atoms with van der Waals surface area (Å²) in [6, 6.07) is 8.88. The van der Waals surface area contributed by atoms with Crippen LogP contribution in [0.4, 0.5) is 10.7 Å². The molecule has 2 aromatic heterocycles. The second kappa shape index (κ2) is 10.3. The number of aryl methyl sites for hydroxylation is 1. The number of nitrogens with zero attached hydrogens (tertiary/aromatic N) is 1. The highest BCUT2D eigenvalue weighted by Crippen LogP contribution is 2.34. The highest BCUT2D eigenvalue weighted by atomic mass is 32.2. The summed E-state index contributed by atoms with van der Waals surface area (Å²) in [5.41, 5.74) is 0.537. The standard InChI is InChI=1S/C20H20N4O6S2/c1-4-29-19(27)14-11(2)15(16(26)21-12-8-6-5-7-9-12)32-17(14)22-13(25)10-31-18-20(28)30-23-24(18)3/h5-9H,4,10H2,1-3H3,(H2-,21,22,23,25,26,27,28)/p+1. The molecule has 0 aliphatic heterocycles. The van der Waals surface area contributed by atoms with Crippen LogP contribution >= 0.6 is 23.1 Å². The summed E-state index contributed by atoms with van der Waals surface area (Å²) in [6.45, 7) is 3.43. The molecular formula is C20H21N4O6S2+. The summed E-state index contributed by atoms with van der Waals surface area (Å²) in [7, 11) is 1.57. The number of benzene rings is 1. The van der Waals surface area contributed by atoms with E-state index in [9.17, 15) is 19.2 Å². The Morgan fingerprint density at radius 3 is 2.56 bits per heavy atom. The van der Waals surface area contributed by atoms with E-state index in [4.69, 9.17) is 4.74 Å². The van der Waals surface area contributed by atoms with Crippen LogP contribution in [0, 0.1) is 6.92 Å². The molecule has 3 N–H and O–H groups in total. The number of para-hydroxylation sites is 1. The van der Waals surface area contributed by atoms with Gasteiger partial charge < -0.3 is 15.4 Å². The van der Waals surface area contributed by atoms with Crippen LogP contribution in [0.5, 0.6) is 0 Å². The lowest BCUT2D eigenvalue weighted by Crippen LogP contribution is -2.34. The number of aromatic nitrogens is 2. The van der Waals surface area contributed by atoms with Crippen molar-refractivity contribution in [3.8, 4) is 0 Å². The van der Waals surface area contributed by atoms with Crippen molar-refractivity contribution in [1.29, 1.82) is 0 Å². The molecule has 10 nitrogen and oxygen atoms in total. The Balaban J connectivity index is 1.82. The predicted molar refractivity (Wildman–Crippen MR) is 119 cm³/mol. The van der Waals surface area contributed by atoms with Crippen molar-refractivity contribution >= 4 is 51.6 Å². The number of hydrogen-bond donors (Lipinski definition) is 3. The third-order valence-electron chi connectivity index (χ3n) is 4.21. The van der Waals surface area contributed by atoms with Gasteiger partial charge in [0.25, 0.3) is 5.91 Å². The number of hydrogen-bond acceptors (Lipinski definition) is 8. The smallest absolute Gasteiger partial charge is 0.441 e. The average molecular weight is 478 g/mol. The minimum absolute atomic E-state index is 0.110. The number of H-pyrrole nitrogens is 1. The number of carbonyl (C=O) groups is 3. The zero-order valence-electron chi connectivity index (χ0n) is 17.5. The fraction of sp³-hybridized carbons (Fsp3) is 0.250. The van der Waals surface area contributed by atoms with Crippen molar-refractivity contribution < 1.29 is 28.3 Å². The van der Waals surface area contributed by atoms with Gasteiger partial charge in [-0.1, -0.05) is 22.9 Å². The highest BCUT2D eigenvalue weighted by molar-refractivity contribution is 7.99. The lowest BCUT2D eigenvalue weighted by Gasteiger charge is -2.06. The van der Waals surface area contributed by atoms with Crippen LogP contribution in [-0.4, -0.2) is 35.4 Å². The second-order valence-corrected chi connectivity index (χ2v) is 8.47. The number of nitrogens with one attached hydrogen (secondary N) is 3. The van der Waals surface area contributed by atoms with Crippen LogP contribution < -0.4 is 20.9 Å². The fourth-order valence-corrected chi connectivity index (χ4v) is 4.60. The predicted octanol–water partition coefficient (Wildman–Crippen LogP) is 2.32. The minimum Gasteiger partial charge on any atom is -0.462 e. The van der Waals surface area contributed by atoms with Crippen molar-refractivity contribution in [1.82, 2.24) is 5.27 Å². The van der Waals surface area contributed by atoms with Crippen molar-refractivity contribution in [2.45, 2.75) is 18.9 Å². The third kappa shape index (κ3) is 5.26. The molecule has 2 heterocycles. The van der Waals surface area contributed by atoms with Crippen LogP contribution in [0.3, 0.4) is 0 Å². The Hall–Kier alpha value is -3.38. The fourth-order valence-electron chi connectivity index (χ4n) is 2.76. The summed E-state index contributed by atoms with van der Waals surface area (Å²) in [5.74, 6) is -1.62. The highest BCUT2D eigenvalue weighted by Gasteiger charge is 2.27. The van der Waals surface area contributed by atoms with Crippen LogP contribution in [-0.2, 0) is 16.6 Å². The SMILES string of the molecule is CCOC(=O)c1c(NC(=O)CSc2c(=O)o[nH][n+]2C)sc(C(=O)Nc2ccccc2)c1C. The summed E-state index contributed by atoms with van der Waals surface area (Å²) in [4.78, 5) is 49.7. The van der Waals surface area contributed by atoms with Gasteiger partial charge in [0.2, 0.25) is 5.91 Å². The second-order valence-electron chi connectivity index (χ2n) is 6.48. The maximum atomic E-state index is 12.8. The van der Waals surface area contributed by atoms with E-state index in [1.165, 1.54) is 4.68 Å². The Labute approximate surface area is 190 Å². The van der Waals surface area contributed by atoms with Gasteiger partial charge in [-0.2, -0.15) is 0 Å². The molecule has 0 saturated carbocycles. The van der Waals surface area contributed by atoms with Crippen LogP contribution in [0.15, 0.2) is 44.7 Å². The van der Waals surface area contributed by atoms with Gasteiger partial charge in [0.15, 0.2) is 7.05 Å². The molecule has 0 aliphatic rings. The largest absolute Gasteiger partial charge is 0.462 e. The normalized spacial score (nSPS) is 10.6. The first kappa shape index (κ1) is 23.3. The Bertz CT molecular complexity index is 1200. The molecule has 0 aliphatic carbocycles. The maximum Gasteiger partial charge on any atom is 0.441 e. The molecule has 1 aromatic carbocycles. The van der Waals surface area contributed by atoms with Gasteiger partial charge in [-0.25, -0.2) is 9.59 Å². The molecule has 0 atom stereocenters. The Morgan fingerprint density at radius 2 is 1.94 bits per heavy atom. The van der Waals surface area contributed by atoms with Gasteiger partial charge in [0, 0.05) is 5.69 Å². The number of carbonyl (C=O) groups excluding carboxylic acids is 3. The number of thiophene rings is 1. The van der Waals surface area contributed by atoms with Crippen molar-refractivity contribution in [3.05, 3.63) is 56.8 Å². The number of aromatic amines is 1. The first-order chi connectivity index (χ1) is 15.3. The van der Waals surface area contributed by atoms with Gasteiger partial charge in [-0.15, -0.1) is 11.3 Å². The number of thioether (sulfide) groups is 1. The number of rotatable bonds is 8. The van der Waals surface area contributed by atoms with E-state index in [1.807, 2.05) is 6.07 Å². The van der Waals surface area contributed by atoms with E-state index in [0.717, 1.165) is 23.1 Å². The Kier molecular flexibility index (Phi) is 7.49. The van der Waals surface area contributed by atoms with Crippen molar-refractivity contribution in [2.75, 3.05) is 23.0 Å². The molecular weight excluding hydrogens is 456 g/mol. The first-order valence-corrected chi connectivity index (χ1v) is 11.3. The first-order valence-electron chi connectivity index (χ1n) is 9.48. The summed E-state index contributed by atoms with van der Waals surface area (Å²) in [6.07, 6.45) is 0.